The highest BCUT2D eigenvalue weighted by molar-refractivity contribution is 7.89. The van der Waals surface area contributed by atoms with Crippen LogP contribution in [-0.2, 0) is 21.2 Å². The smallest absolute Gasteiger partial charge is 0.242 e. The van der Waals surface area contributed by atoms with Crippen molar-refractivity contribution in [2.45, 2.75) is 18.2 Å². The van der Waals surface area contributed by atoms with Crippen molar-refractivity contribution in [2.75, 3.05) is 14.1 Å². The van der Waals surface area contributed by atoms with Crippen molar-refractivity contribution < 1.29 is 13.2 Å². The number of Topliss-reactive ketones (excluding diaryl/α,β-unsaturated/α-hetero) is 1. The molecule has 4 nitrogen and oxygen atoms in total. The maximum atomic E-state index is 11.8. The van der Waals surface area contributed by atoms with Gasteiger partial charge in [0, 0.05) is 20.5 Å². The average Bonchev–Trinajstić information content (AvgIpc) is 2.16. The molecule has 0 unspecified atom stereocenters. The van der Waals surface area contributed by atoms with Crippen LogP contribution >= 0.6 is 0 Å². The summed E-state index contributed by atoms with van der Waals surface area (Å²) in [5, 5.41) is 0. The number of hydrogen-bond donors (Lipinski definition) is 0. The second-order valence-corrected chi connectivity index (χ2v) is 5.97. The molecule has 0 saturated carbocycles. The Labute approximate surface area is 95.9 Å². The van der Waals surface area contributed by atoms with Gasteiger partial charge in [0.05, 0.1) is 4.90 Å². The largest absolute Gasteiger partial charge is 0.300 e. The molecule has 0 radical (unpaired) electrons. The fourth-order valence-corrected chi connectivity index (χ4v) is 2.29. The molecular weight excluding hydrogens is 226 g/mol. The second kappa shape index (κ2) is 4.76. The Balaban J connectivity index is 3.13. The quantitative estimate of drug-likeness (QED) is 0.792. The van der Waals surface area contributed by atoms with E-state index in [0.29, 0.717) is 0 Å². The van der Waals surface area contributed by atoms with Crippen LogP contribution in [-0.4, -0.2) is 32.6 Å². The van der Waals surface area contributed by atoms with E-state index in [1.54, 1.807) is 12.1 Å². The molecule has 0 bridgehead atoms. The Morgan fingerprint density at radius 2 is 1.94 bits per heavy atom. The Morgan fingerprint density at radius 1 is 1.31 bits per heavy atom. The van der Waals surface area contributed by atoms with Crippen molar-refractivity contribution in [2.24, 2.45) is 0 Å². The fourth-order valence-electron chi connectivity index (χ4n) is 1.31. The van der Waals surface area contributed by atoms with Crippen molar-refractivity contribution in [1.82, 2.24) is 4.31 Å². The summed E-state index contributed by atoms with van der Waals surface area (Å²) in [4.78, 5) is 11.2. The van der Waals surface area contributed by atoms with E-state index in [1.165, 1.54) is 33.2 Å². The summed E-state index contributed by atoms with van der Waals surface area (Å²) in [6.07, 6.45) is 0.261. The van der Waals surface area contributed by atoms with Gasteiger partial charge in [-0.05, 0) is 24.6 Å². The molecule has 0 aromatic heterocycles. The van der Waals surface area contributed by atoms with Gasteiger partial charge in [0.1, 0.15) is 5.78 Å². The van der Waals surface area contributed by atoms with Gasteiger partial charge in [-0.25, -0.2) is 12.7 Å². The second-order valence-electron chi connectivity index (χ2n) is 3.81. The lowest BCUT2D eigenvalue weighted by Crippen LogP contribution is -2.22. The topological polar surface area (TPSA) is 54.5 Å². The van der Waals surface area contributed by atoms with E-state index in [2.05, 4.69) is 0 Å². The third kappa shape index (κ3) is 2.90. The van der Waals surface area contributed by atoms with Gasteiger partial charge in [0.25, 0.3) is 0 Å². The van der Waals surface area contributed by atoms with Crippen LogP contribution in [0.15, 0.2) is 29.2 Å². The van der Waals surface area contributed by atoms with E-state index < -0.39 is 10.0 Å². The third-order valence-electron chi connectivity index (χ3n) is 2.13. The predicted octanol–water partition coefficient (Wildman–Crippen LogP) is 1.07. The average molecular weight is 241 g/mol. The Hall–Kier alpha value is -1.20. The van der Waals surface area contributed by atoms with Crippen molar-refractivity contribution in [3.05, 3.63) is 29.8 Å². The van der Waals surface area contributed by atoms with Crippen LogP contribution in [0, 0.1) is 0 Å². The first-order chi connectivity index (χ1) is 7.34. The number of rotatable bonds is 4. The van der Waals surface area contributed by atoms with E-state index in [4.69, 9.17) is 0 Å². The van der Waals surface area contributed by atoms with Gasteiger partial charge >= 0.3 is 0 Å². The molecule has 0 N–H and O–H groups in total. The first-order valence-electron chi connectivity index (χ1n) is 4.85. The van der Waals surface area contributed by atoms with Crippen LogP contribution in [0.2, 0.25) is 0 Å². The summed E-state index contributed by atoms with van der Waals surface area (Å²) in [5.41, 5.74) is 0.718. The molecular formula is C11H15NO3S. The van der Waals surface area contributed by atoms with Gasteiger partial charge in [-0.3, -0.25) is 4.79 Å². The van der Waals surface area contributed by atoms with Crippen LogP contribution in [0.25, 0.3) is 0 Å². The lowest BCUT2D eigenvalue weighted by atomic mass is 10.1. The Bertz CT molecular complexity index is 492. The zero-order valence-corrected chi connectivity index (χ0v) is 10.4. The Kier molecular flexibility index (Phi) is 3.83. The van der Waals surface area contributed by atoms with E-state index in [0.717, 1.165) is 9.87 Å². The number of carbonyl (C=O) groups is 1. The summed E-state index contributed by atoms with van der Waals surface area (Å²) in [6.45, 7) is 1.48. The lowest BCUT2D eigenvalue weighted by Gasteiger charge is -2.11. The van der Waals surface area contributed by atoms with Gasteiger partial charge in [0.15, 0.2) is 0 Å². The first-order valence-corrected chi connectivity index (χ1v) is 6.29. The van der Waals surface area contributed by atoms with E-state index in [1.807, 2.05) is 0 Å². The molecule has 0 aliphatic heterocycles. The minimum absolute atomic E-state index is 0.0133. The third-order valence-corrected chi connectivity index (χ3v) is 3.94. The lowest BCUT2D eigenvalue weighted by molar-refractivity contribution is -0.116. The summed E-state index contributed by atoms with van der Waals surface area (Å²) >= 11 is 0. The molecule has 0 aliphatic rings. The SMILES string of the molecule is CC(=O)Cc1cccc(S(=O)(=O)N(C)C)c1. The van der Waals surface area contributed by atoms with Crippen molar-refractivity contribution >= 4 is 15.8 Å². The molecule has 0 aliphatic carbocycles. The van der Waals surface area contributed by atoms with Crippen molar-refractivity contribution in [1.29, 1.82) is 0 Å². The van der Waals surface area contributed by atoms with Gasteiger partial charge in [-0.15, -0.1) is 0 Å². The molecule has 16 heavy (non-hydrogen) atoms. The predicted molar refractivity (Wildman–Crippen MR) is 61.7 cm³/mol. The molecule has 1 aromatic rings. The standard InChI is InChI=1S/C11H15NO3S/c1-9(13)7-10-5-4-6-11(8-10)16(14,15)12(2)3/h4-6,8H,7H2,1-3H3. The van der Waals surface area contributed by atoms with Gasteiger partial charge in [-0.1, -0.05) is 12.1 Å². The van der Waals surface area contributed by atoms with E-state index in [-0.39, 0.29) is 17.1 Å². The molecule has 0 fully saturated rings. The molecule has 0 spiro atoms. The fraction of sp³-hybridized carbons (Fsp3) is 0.364. The molecule has 1 aromatic carbocycles. The van der Waals surface area contributed by atoms with Gasteiger partial charge in [0.2, 0.25) is 10.0 Å². The molecule has 88 valence electrons. The molecule has 0 atom stereocenters. The minimum atomic E-state index is -3.41. The van der Waals surface area contributed by atoms with Crippen LogP contribution < -0.4 is 0 Å². The monoisotopic (exact) mass is 241 g/mol. The van der Waals surface area contributed by atoms with Crippen LogP contribution in [0.3, 0.4) is 0 Å². The number of hydrogen-bond acceptors (Lipinski definition) is 3. The number of benzene rings is 1. The van der Waals surface area contributed by atoms with Gasteiger partial charge in [-0.2, -0.15) is 0 Å². The molecule has 0 heterocycles. The summed E-state index contributed by atoms with van der Waals surface area (Å²) < 4.78 is 24.8. The van der Waals surface area contributed by atoms with E-state index >= 15 is 0 Å². The summed E-state index contributed by atoms with van der Waals surface area (Å²) in [7, 11) is -0.455. The number of ketones is 1. The number of nitrogens with zero attached hydrogens (tertiary/aromatic N) is 1. The normalized spacial score (nSPS) is 11.8. The number of sulfonamides is 1. The molecule has 0 saturated heterocycles. The molecule has 0 amide bonds. The zero-order valence-electron chi connectivity index (χ0n) is 9.60. The number of carbonyl (C=O) groups excluding carboxylic acids is 1. The first kappa shape index (κ1) is 12.9. The van der Waals surface area contributed by atoms with Gasteiger partial charge < -0.3 is 0 Å². The zero-order chi connectivity index (χ0) is 12.3. The maximum Gasteiger partial charge on any atom is 0.242 e. The maximum absolute atomic E-state index is 11.8. The van der Waals surface area contributed by atoms with Crippen LogP contribution in [0.5, 0.6) is 0 Å². The van der Waals surface area contributed by atoms with E-state index in [9.17, 15) is 13.2 Å². The van der Waals surface area contributed by atoms with Crippen LogP contribution in [0.4, 0.5) is 0 Å². The summed E-state index contributed by atoms with van der Waals surface area (Å²) in [6, 6.07) is 6.46. The summed E-state index contributed by atoms with van der Waals surface area (Å²) in [5.74, 6) is 0.0133. The molecule has 1 rings (SSSR count). The molecule has 5 heteroatoms. The van der Waals surface area contributed by atoms with Crippen molar-refractivity contribution in [3.63, 3.8) is 0 Å². The van der Waals surface area contributed by atoms with Crippen molar-refractivity contribution in [3.8, 4) is 0 Å². The highest BCUT2D eigenvalue weighted by atomic mass is 32.2. The highest BCUT2D eigenvalue weighted by Gasteiger charge is 2.17. The van der Waals surface area contributed by atoms with Crippen LogP contribution in [0.1, 0.15) is 12.5 Å². The minimum Gasteiger partial charge on any atom is -0.300 e. The highest BCUT2D eigenvalue weighted by Crippen LogP contribution is 2.15. The Morgan fingerprint density at radius 3 is 2.44 bits per heavy atom.